The lowest BCUT2D eigenvalue weighted by Gasteiger charge is -2.15. The molecule has 3 nitrogen and oxygen atoms in total. The van der Waals surface area contributed by atoms with E-state index in [1.807, 2.05) is 42.1 Å². The molecule has 110 valence electrons. The predicted molar refractivity (Wildman–Crippen MR) is 84.3 cm³/mol. The highest BCUT2D eigenvalue weighted by Crippen LogP contribution is 2.28. The fraction of sp³-hybridized carbons (Fsp3) is 0.562. The zero-order valence-electron chi connectivity index (χ0n) is 12.0. The van der Waals surface area contributed by atoms with Crippen LogP contribution in [-0.4, -0.2) is 29.6 Å². The zero-order chi connectivity index (χ0) is 14.2. The molecule has 0 spiro atoms. The van der Waals surface area contributed by atoms with Crippen molar-refractivity contribution < 1.29 is 9.53 Å². The number of para-hydroxylation sites is 1. The summed E-state index contributed by atoms with van der Waals surface area (Å²) >= 11 is 1.99. The summed E-state index contributed by atoms with van der Waals surface area (Å²) in [6, 6.07) is 9.45. The Labute approximate surface area is 125 Å². The van der Waals surface area contributed by atoms with E-state index in [1.165, 1.54) is 25.7 Å². The molecular weight excluding hydrogens is 270 g/mol. The van der Waals surface area contributed by atoms with Crippen LogP contribution in [-0.2, 0) is 4.79 Å². The van der Waals surface area contributed by atoms with Crippen molar-refractivity contribution in [2.75, 3.05) is 12.3 Å². The van der Waals surface area contributed by atoms with Crippen LogP contribution in [0, 0.1) is 0 Å². The van der Waals surface area contributed by atoms with Crippen LogP contribution < -0.4 is 10.1 Å². The van der Waals surface area contributed by atoms with E-state index in [0.717, 1.165) is 23.3 Å². The van der Waals surface area contributed by atoms with Gasteiger partial charge in [-0.05, 0) is 31.9 Å². The van der Waals surface area contributed by atoms with Crippen molar-refractivity contribution in [1.82, 2.24) is 5.32 Å². The Morgan fingerprint density at radius 1 is 1.35 bits per heavy atom. The fourth-order valence-electron chi connectivity index (χ4n) is 2.36. The second kappa shape index (κ2) is 8.20. The van der Waals surface area contributed by atoms with Gasteiger partial charge in [0.2, 0.25) is 0 Å². The van der Waals surface area contributed by atoms with Crippen LogP contribution in [0.2, 0.25) is 0 Å². The van der Waals surface area contributed by atoms with Gasteiger partial charge in [-0.25, -0.2) is 0 Å². The molecular formula is C16H23NO2S. The average Bonchev–Trinajstić information content (AvgIpc) is 2.97. The molecule has 1 N–H and O–H groups in total. The molecule has 4 heteroatoms. The Kier molecular flexibility index (Phi) is 6.25. The van der Waals surface area contributed by atoms with Gasteiger partial charge in [-0.1, -0.05) is 31.0 Å². The smallest absolute Gasteiger partial charge is 0.260 e. The number of benzene rings is 1. The summed E-state index contributed by atoms with van der Waals surface area (Å²) in [5.41, 5.74) is 0. The number of nitrogens with one attached hydrogen (secondary N) is 1. The van der Waals surface area contributed by atoms with Crippen molar-refractivity contribution in [2.24, 2.45) is 0 Å². The van der Waals surface area contributed by atoms with Crippen molar-refractivity contribution in [2.45, 2.75) is 44.0 Å². The highest BCUT2D eigenvalue weighted by molar-refractivity contribution is 7.99. The maximum absolute atomic E-state index is 11.9. The first kappa shape index (κ1) is 15.2. The number of hydrogen-bond acceptors (Lipinski definition) is 3. The molecule has 2 rings (SSSR count). The number of amides is 1. The van der Waals surface area contributed by atoms with E-state index < -0.39 is 6.10 Å². The summed E-state index contributed by atoms with van der Waals surface area (Å²) in [4.78, 5) is 11.9. The van der Waals surface area contributed by atoms with E-state index in [0.29, 0.717) is 0 Å². The molecule has 1 atom stereocenters. The van der Waals surface area contributed by atoms with E-state index in [-0.39, 0.29) is 5.91 Å². The third-order valence-electron chi connectivity index (χ3n) is 3.48. The summed E-state index contributed by atoms with van der Waals surface area (Å²) in [6.45, 7) is 2.51. The monoisotopic (exact) mass is 293 g/mol. The minimum atomic E-state index is -0.450. The van der Waals surface area contributed by atoms with Crippen molar-refractivity contribution in [1.29, 1.82) is 0 Å². The van der Waals surface area contributed by atoms with Gasteiger partial charge in [-0.3, -0.25) is 4.79 Å². The van der Waals surface area contributed by atoms with Crippen LogP contribution in [0.5, 0.6) is 5.75 Å². The van der Waals surface area contributed by atoms with Crippen LogP contribution >= 0.6 is 11.8 Å². The molecule has 1 saturated carbocycles. The number of carbonyl (C=O) groups is 1. The number of carbonyl (C=O) groups excluding carboxylic acids is 1. The average molecular weight is 293 g/mol. The van der Waals surface area contributed by atoms with Crippen molar-refractivity contribution in [3.8, 4) is 5.75 Å². The largest absolute Gasteiger partial charge is 0.481 e. The molecule has 0 radical (unpaired) electrons. The highest BCUT2D eigenvalue weighted by Gasteiger charge is 2.16. The SMILES string of the molecule is C[C@H](Oc1ccccc1)C(=O)NCCSC1CCCC1. The molecule has 0 bridgehead atoms. The number of thioether (sulfide) groups is 1. The minimum Gasteiger partial charge on any atom is -0.481 e. The van der Waals surface area contributed by atoms with Crippen LogP contribution in [0.15, 0.2) is 30.3 Å². The molecule has 20 heavy (non-hydrogen) atoms. The topological polar surface area (TPSA) is 38.3 Å². The Hall–Kier alpha value is -1.16. The molecule has 1 fully saturated rings. The Morgan fingerprint density at radius 2 is 2.05 bits per heavy atom. The van der Waals surface area contributed by atoms with Gasteiger partial charge < -0.3 is 10.1 Å². The summed E-state index contributed by atoms with van der Waals surface area (Å²) in [5.74, 6) is 1.69. The standard InChI is InChI=1S/C16H23NO2S/c1-13(19-14-7-3-2-4-8-14)16(18)17-11-12-20-15-9-5-6-10-15/h2-4,7-8,13,15H,5-6,9-12H2,1H3,(H,17,18)/t13-/m0/s1. The molecule has 0 saturated heterocycles. The number of ether oxygens (including phenoxy) is 1. The molecule has 1 aliphatic carbocycles. The first-order chi connectivity index (χ1) is 9.75. The van der Waals surface area contributed by atoms with Crippen LogP contribution in [0.1, 0.15) is 32.6 Å². The van der Waals surface area contributed by atoms with Crippen molar-refractivity contribution >= 4 is 17.7 Å². The third kappa shape index (κ3) is 5.08. The molecule has 0 unspecified atom stereocenters. The van der Waals surface area contributed by atoms with Crippen LogP contribution in [0.4, 0.5) is 0 Å². The summed E-state index contributed by atoms with van der Waals surface area (Å²) in [5, 5.41) is 3.75. The van der Waals surface area contributed by atoms with Gasteiger partial charge in [0.05, 0.1) is 0 Å². The summed E-state index contributed by atoms with van der Waals surface area (Å²) in [6.07, 6.45) is 4.96. The second-order valence-corrected chi connectivity index (χ2v) is 6.55. The quantitative estimate of drug-likeness (QED) is 0.784. The molecule has 1 aliphatic rings. The van der Waals surface area contributed by atoms with E-state index in [9.17, 15) is 4.79 Å². The van der Waals surface area contributed by atoms with E-state index in [1.54, 1.807) is 6.92 Å². The van der Waals surface area contributed by atoms with Gasteiger partial charge in [0.25, 0.3) is 5.91 Å². The van der Waals surface area contributed by atoms with E-state index >= 15 is 0 Å². The third-order valence-corrected chi connectivity index (χ3v) is 4.86. The lowest BCUT2D eigenvalue weighted by Crippen LogP contribution is -2.37. The molecule has 1 aromatic rings. The fourth-order valence-corrected chi connectivity index (χ4v) is 3.58. The van der Waals surface area contributed by atoms with Gasteiger partial charge in [0, 0.05) is 17.5 Å². The first-order valence-electron chi connectivity index (χ1n) is 7.37. The molecule has 0 aromatic heterocycles. The van der Waals surface area contributed by atoms with Gasteiger partial charge in [-0.15, -0.1) is 0 Å². The number of hydrogen-bond donors (Lipinski definition) is 1. The van der Waals surface area contributed by atoms with E-state index in [2.05, 4.69) is 5.32 Å². The van der Waals surface area contributed by atoms with Crippen LogP contribution in [0.3, 0.4) is 0 Å². The minimum absolute atomic E-state index is 0.0409. The lowest BCUT2D eigenvalue weighted by atomic mass is 10.3. The Morgan fingerprint density at radius 3 is 2.75 bits per heavy atom. The second-order valence-electron chi connectivity index (χ2n) is 5.14. The normalized spacial score (nSPS) is 16.9. The van der Waals surface area contributed by atoms with Gasteiger partial charge in [-0.2, -0.15) is 11.8 Å². The predicted octanol–water partition coefficient (Wildman–Crippen LogP) is 3.25. The van der Waals surface area contributed by atoms with Crippen molar-refractivity contribution in [3.05, 3.63) is 30.3 Å². The molecule has 0 heterocycles. The Bertz CT molecular complexity index is 404. The molecule has 1 amide bonds. The summed E-state index contributed by atoms with van der Waals surface area (Å²) in [7, 11) is 0. The maximum Gasteiger partial charge on any atom is 0.260 e. The summed E-state index contributed by atoms with van der Waals surface area (Å²) < 4.78 is 5.59. The zero-order valence-corrected chi connectivity index (χ0v) is 12.8. The van der Waals surface area contributed by atoms with Gasteiger partial charge >= 0.3 is 0 Å². The van der Waals surface area contributed by atoms with E-state index in [4.69, 9.17) is 4.74 Å². The highest BCUT2D eigenvalue weighted by atomic mass is 32.2. The first-order valence-corrected chi connectivity index (χ1v) is 8.41. The Balaban J connectivity index is 1.61. The van der Waals surface area contributed by atoms with Gasteiger partial charge in [0.1, 0.15) is 5.75 Å². The number of rotatable bonds is 7. The lowest BCUT2D eigenvalue weighted by molar-refractivity contribution is -0.127. The molecule has 0 aliphatic heterocycles. The van der Waals surface area contributed by atoms with Gasteiger partial charge in [0.15, 0.2) is 6.10 Å². The maximum atomic E-state index is 11.9. The molecule has 1 aromatic carbocycles. The van der Waals surface area contributed by atoms with Crippen molar-refractivity contribution in [3.63, 3.8) is 0 Å². The van der Waals surface area contributed by atoms with Crippen LogP contribution in [0.25, 0.3) is 0 Å².